The average molecular weight is 210 g/mol. The summed E-state index contributed by atoms with van der Waals surface area (Å²) in [6.07, 6.45) is 1.24. The van der Waals surface area contributed by atoms with E-state index in [1.54, 1.807) is 6.92 Å². The van der Waals surface area contributed by atoms with Crippen molar-refractivity contribution >= 4 is 11.6 Å². The zero-order valence-electron chi connectivity index (χ0n) is 13.8. The molecule has 0 fully saturated rings. The van der Waals surface area contributed by atoms with Crippen molar-refractivity contribution in [3.63, 3.8) is 0 Å². The van der Waals surface area contributed by atoms with Gasteiger partial charge in [-0.15, -0.1) is 0 Å². The summed E-state index contributed by atoms with van der Waals surface area (Å²) in [5.74, 6) is 0.192. The van der Waals surface area contributed by atoms with E-state index in [0.29, 0.717) is 5.69 Å². The van der Waals surface area contributed by atoms with Crippen LogP contribution in [-0.4, -0.2) is 32.6 Å². The van der Waals surface area contributed by atoms with Crippen molar-refractivity contribution in [3.05, 3.63) is 18.1 Å². The standard InChI is InChI=1S/C10H15N5/c1-4-14(5-2)9-6-8(3)13-10-11-7-12-15(9)10/h6-7H,4-5H2,1-3H3/i4D2,5D2,6D. The van der Waals surface area contributed by atoms with Gasteiger partial charge in [-0.1, -0.05) is 0 Å². The highest BCUT2D eigenvalue weighted by atomic mass is 15.4. The van der Waals surface area contributed by atoms with Crippen molar-refractivity contribution in [3.8, 4) is 0 Å². The predicted octanol–water partition coefficient (Wildman–Crippen LogP) is 1.28. The van der Waals surface area contributed by atoms with E-state index in [1.807, 2.05) is 0 Å². The number of hydrogen-bond donors (Lipinski definition) is 0. The molecule has 0 N–H and O–H groups in total. The van der Waals surface area contributed by atoms with Gasteiger partial charge in [-0.3, -0.25) is 0 Å². The molecule has 80 valence electrons. The molecule has 0 spiro atoms. The molecule has 2 heterocycles. The Bertz CT molecular complexity index is 628. The quantitative estimate of drug-likeness (QED) is 0.765. The van der Waals surface area contributed by atoms with Gasteiger partial charge in [0.15, 0.2) is 0 Å². The van der Waals surface area contributed by atoms with Crippen LogP contribution in [0.15, 0.2) is 12.4 Å². The van der Waals surface area contributed by atoms with Gasteiger partial charge in [0.05, 0.1) is 1.37 Å². The molecule has 0 bridgehead atoms. The highest BCUT2D eigenvalue weighted by molar-refractivity contribution is 5.46. The molecule has 0 unspecified atom stereocenters. The van der Waals surface area contributed by atoms with Crippen LogP contribution in [0.5, 0.6) is 0 Å². The molecule has 0 radical (unpaired) electrons. The van der Waals surface area contributed by atoms with E-state index >= 15 is 0 Å². The lowest BCUT2D eigenvalue weighted by Gasteiger charge is -2.21. The summed E-state index contributed by atoms with van der Waals surface area (Å²) in [7, 11) is 0. The Morgan fingerprint density at radius 3 is 2.93 bits per heavy atom. The third kappa shape index (κ3) is 1.65. The maximum absolute atomic E-state index is 8.08. The van der Waals surface area contributed by atoms with Gasteiger partial charge in [0.1, 0.15) is 12.1 Å². The molecular weight excluding hydrogens is 190 g/mol. The molecule has 2 aromatic rings. The van der Waals surface area contributed by atoms with E-state index in [1.165, 1.54) is 24.7 Å². The minimum atomic E-state index is -2.03. The molecule has 0 amide bonds. The summed E-state index contributed by atoms with van der Waals surface area (Å²) in [5, 5.41) is 3.92. The molecule has 2 aromatic heterocycles. The highest BCUT2D eigenvalue weighted by Crippen LogP contribution is 2.14. The monoisotopic (exact) mass is 210 g/mol. The molecule has 2 rings (SSSR count). The molecule has 5 nitrogen and oxygen atoms in total. The Kier molecular flexibility index (Phi) is 1.39. The van der Waals surface area contributed by atoms with E-state index in [0.717, 1.165) is 4.90 Å². The minimum Gasteiger partial charge on any atom is -0.357 e. The van der Waals surface area contributed by atoms with Gasteiger partial charge in [-0.05, 0) is 20.8 Å². The van der Waals surface area contributed by atoms with Gasteiger partial charge in [0.25, 0.3) is 5.78 Å². The molecule has 0 aliphatic heterocycles. The second-order valence-corrected chi connectivity index (χ2v) is 2.90. The first-order valence-electron chi connectivity index (χ1n) is 7.01. The van der Waals surface area contributed by atoms with Gasteiger partial charge in [-0.25, -0.2) is 4.98 Å². The number of aryl methyl sites for hydroxylation is 1. The van der Waals surface area contributed by atoms with Gasteiger partial charge < -0.3 is 4.90 Å². The number of aromatic nitrogens is 4. The number of rotatable bonds is 3. The lowest BCUT2D eigenvalue weighted by atomic mass is 10.4. The minimum absolute atomic E-state index is 0.00926. The molecule has 5 heteroatoms. The summed E-state index contributed by atoms with van der Waals surface area (Å²) in [6.45, 7) is -0.00477. The SMILES string of the molecule is [2H]c1c(C)nc2ncnn2c1N(C([2H])([2H])C)C([2H])([2H])C. The predicted molar refractivity (Wildman–Crippen MR) is 59.1 cm³/mol. The highest BCUT2D eigenvalue weighted by Gasteiger charge is 2.09. The summed E-state index contributed by atoms with van der Waals surface area (Å²) in [4.78, 5) is 8.86. The van der Waals surface area contributed by atoms with Crippen LogP contribution in [0.25, 0.3) is 5.78 Å². The van der Waals surface area contributed by atoms with Crippen LogP contribution in [0.2, 0.25) is 0 Å². The fraction of sp³-hybridized carbons (Fsp3) is 0.500. The number of hydrogen-bond acceptors (Lipinski definition) is 4. The zero-order valence-corrected chi connectivity index (χ0v) is 8.81. The summed E-state index contributed by atoms with van der Waals surface area (Å²) < 4.78 is 40.7. The normalized spacial score (nSPS) is 17.7. The van der Waals surface area contributed by atoms with Crippen LogP contribution in [-0.2, 0) is 0 Å². The second-order valence-electron chi connectivity index (χ2n) is 2.90. The molecule has 15 heavy (non-hydrogen) atoms. The molecule has 0 atom stereocenters. The average Bonchev–Trinajstić information content (AvgIpc) is 2.68. The van der Waals surface area contributed by atoms with Crippen molar-refractivity contribution in [1.82, 2.24) is 19.6 Å². The van der Waals surface area contributed by atoms with Crippen LogP contribution >= 0.6 is 0 Å². The van der Waals surface area contributed by atoms with Crippen LogP contribution in [0, 0.1) is 6.92 Å². The van der Waals surface area contributed by atoms with Crippen LogP contribution < -0.4 is 4.90 Å². The number of anilines is 1. The van der Waals surface area contributed by atoms with Crippen LogP contribution in [0.1, 0.15) is 26.4 Å². The topological polar surface area (TPSA) is 46.3 Å². The summed E-state index contributed by atoms with van der Waals surface area (Å²) in [6, 6.07) is -0.0838. The molecule has 0 aliphatic rings. The van der Waals surface area contributed by atoms with Crippen LogP contribution in [0.4, 0.5) is 5.82 Å². The zero-order chi connectivity index (χ0) is 15.3. The van der Waals surface area contributed by atoms with Gasteiger partial charge >= 0.3 is 0 Å². The van der Waals surface area contributed by atoms with Crippen molar-refractivity contribution < 1.29 is 6.85 Å². The maximum atomic E-state index is 8.08. The van der Waals surface area contributed by atoms with E-state index in [2.05, 4.69) is 15.1 Å². The Morgan fingerprint density at radius 2 is 2.27 bits per heavy atom. The van der Waals surface area contributed by atoms with Crippen molar-refractivity contribution in [2.75, 3.05) is 17.9 Å². The number of fused-ring (bicyclic) bond motifs is 1. The van der Waals surface area contributed by atoms with Crippen molar-refractivity contribution in [1.29, 1.82) is 0 Å². The lowest BCUT2D eigenvalue weighted by molar-refractivity contribution is 0.796. The second kappa shape index (κ2) is 3.84. The molecule has 0 saturated carbocycles. The van der Waals surface area contributed by atoms with Gasteiger partial charge in [-0.2, -0.15) is 14.6 Å². The first kappa shape index (κ1) is 5.44. The van der Waals surface area contributed by atoms with Gasteiger partial charge in [0.2, 0.25) is 0 Å². The van der Waals surface area contributed by atoms with Crippen molar-refractivity contribution in [2.45, 2.75) is 20.8 Å². The molecule has 0 aliphatic carbocycles. The molecular formula is C10H15N5. The van der Waals surface area contributed by atoms with Gasteiger partial charge in [0, 0.05) is 30.2 Å². The van der Waals surface area contributed by atoms with E-state index in [4.69, 9.17) is 6.85 Å². The summed E-state index contributed by atoms with van der Waals surface area (Å²) >= 11 is 0. The Morgan fingerprint density at radius 1 is 1.53 bits per heavy atom. The molecule has 0 aromatic carbocycles. The van der Waals surface area contributed by atoms with Crippen LogP contribution in [0.3, 0.4) is 0 Å². The van der Waals surface area contributed by atoms with E-state index < -0.39 is 13.0 Å². The fourth-order valence-electron chi connectivity index (χ4n) is 1.33. The van der Waals surface area contributed by atoms with Crippen molar-refractivity contribution in [2.24, 2.45) is 0 Å². The maximum Gasteiger partial charge on any atom is 0.254 e. The Hall–Kier alpha value is -1.65. The van der Waals surface area contributed by atoms with E-state index in [-0.39, 0.29) is 17.6 Å². The van der Waals surface area contributed by atoms with E-state index in [9.17, 15) is 0 Å². The third-order valence-corrected chi connectivity index (χ3v) is 1.95. The lowest BCUT2D eigenvalue weighted by Crippen LogP contribution is -2.25. The third-order valence-electron chi connectivity index (χ3n) is 1.95. The Balaban J connectivity index is 2.83. The fourth-order valence-corrected chi connectivity index (χ4v) is 1.33. The number of nitrogens with zero attached hydrogens (tertiary/aromatic N) is 5. The Labute approximate surface area is 95.8 Å². The first-order valence-corrected chi connectivity index (χ1v) is 4.51. The largest absolute Gasteiger partial charge is 0.357 e. The summed E-state index contributed by atoms with van der Waals surface area (Å²) in [5.41, 5.74) is 0.332. The smallest absolute Gasteiger partial charge is 0.254 e. The first-order chi connectivity index (χ1) is 9.03. The molecule has 0 saturated heterocycles.